The maximum atomic E-state index is 12.4. The molecule has 1 saturated heterocycles. The van der Waals surface area contributed by atoms with Gasteiger partial charge in [-0.15, -0.1) is 0 Å². The molecular formula is C19H16N2O5. The quantitative estimate of drug-likeness (QED) is 0.301. The maximum Gasteiger partial charge on any atom is 0.295 e. The van der Waals surface area contributed by atoms with Gasteiger partial charge in [-0.2, -0.15) is 0 Å². The first kappa shape index (κ1) is 17.3. The Hall–Kier alpha value is -3.48. The molecule has 0 spiro atoms. The van der Waals surface area contributed by atoms with Crippen LogP contribution in [0.25, 0.3) is 5.76 Å². The predicted octanol–water partition coefficient (Wildman–Crippen LogP) is 2.95. The molecule has 26 heavy (non-hydrogen) atoms. The standard InChI is InChI=1S/C19H16N2O5/c1-11-3-5-13(6-4-11)17(22)15-16(20(2)19(24)18(15)23)12-7-9-14(10-8-12)21(25)26/h3-10,16,22H,1-2H3. The number of rotatable bonds is 3. The summed E-state index contributed by atoms with van der Waals surface area (Å²) >= 11 is 0. The number of nitro benzene ring substituents is 1. The zero-order valence-electron chi connectivity index (χ0n) is 14.2. The van der Waals surface area contributed by atoms with Crippen LogP contribution >= 0.6 is 0 Å². The zero-order chi connectivity index (χ0) is 19.0. The minimum absolute atomic E-state index is 0.0322. The lowest BCUT2D eigenvalue weighted by Gasteiger charge is -2.20. The molecule has 0 radical (unpaired) electrons. The van der Waals surface area contributed by atoms with E-state index in [1.165, 1.54) is 36.2 Å². The molecule has 1 aliphatic rings. The molecule has 0 bridgehead atoms. The largest absolute Gasteiger partial charge is 0.507 e. The Morgan fingerprint density at radius 1 is 1.08 bits per heavy atom. The smallest absolute Gasteiger partial charge is 0.295 e. The van der Waals surface area contributed by atoms with Crippen molar-refractivity contribution in [1.29, 1.82) is 0 Å². The molecule has 1 atom stereocenters. The lowest BCUT2D eigenvalue weighted by atomic mass is 9.95. The number of benzene rings is 2. The summed E-state index contributed by atoms with van der Waals surface area (Å²) in [5, 5.41) is 21.5. The Morgan fingerprint density at radius 2 is 1.65 bits per heavy atom. The normalized spacial score (nSPS) is 19.0. The van der Waals surface area contributed by atoms with Gasteiger partial charge >= 0.3 is 0 Å². The molecule has 7 nitrogen and oxygen atoms in total. The van der Waals surface area contributed by atoms with Gasteiger partial charge in [-0.1, -0.05) is 29.8 Å². The number of ketones is 1. The second-order valence-electron chi connectivity index (χ2n) is 6.12. The van der Waals surface area contributed by atoms with E-state index in [0.29, 0.717) is 11.1 Å². The highest BCUT2D eigenvalue weighted by Crippen LogP contribution is 2.38. The van der Waals surface area contributed by atoms with E-state index >= 15 is 0 Å². The lowest BCUT2D eigenvalue weighted by Crippen LogP contribution is -2.24. The first-order valence-electron chi connectivity index (χ1n) is 7.87. The third-order valence-corrected chi connectivity index (χ3v) is 4.42. The Balaban J connectivity index is 2.13. The summed E-state index contributed by atoms with van der Waals surface area (Å²) in [5.41, 5.74) is 1.79. The number of carbonyl (C=O) groups is 2. The molecule has 3 rings (SSSR count). The Kier molecular flexibility index (Phi) is 4.29. The summed E-state index contributed by atoms with van der Waals surface area (Å²) in [5.74, 6) is -1.79. The fourth-order valence-electron chi connectivity index (χ4n) is 2.98. The molecule has 0 aliphatic carbocycles. The molecule has 132 valence electrons. The first-order valence-corrected chi connectivity index (χ1v) is 7.87. The van der Waals surface area contributed by atoms with Crippen LogP contribution in [-0.4, -0.2) is 33.7 Å². The number of aliphatic hydroxyl groups excluding tert-OH is 1. The minimum Gasteiger partial charge on any atom is -0.507 e. The van der Waals surface area contributed by atoms with Crippen LogP contribution in [0.1, 0.15) is 22.7 Å². The fraction of sp³-hybridized carbons (Fsp3) is 0.158. The van der Waals surface area contributed by atoms with Gasteiger partial charge in [0.15, 0.2) is 0 Å². The average Bonchev–Trinajstić information content (AvgIpc) is 2.86. The van der Waals surface area contributed by atoms with Crippen LogP contribution in [0, 0.1) is 17.0 Å². The SMILES string of the molecule is Cc1ccc(C(O)=C2C(=O)C(=O)N(C)C2c2ccc([N+](=O)[O-])cc2)cc1. The van der Waals surface area contributed by atoms with E-state index in [0.717, 1.165) is 5.56 Å². The molecule has 1 unspecified atom stereocenters. The van der Waals surface area contributed by atoms with Crippen molar-refractivity contribution in [3.63, 3.8) is 0 Å². The highest BCUT2D eigenvalue weighted by molar-refractivity contribution is 6.46. The summed E-state index contributed by atoms with van der Waals surface area (Å²) in [6.07, 6.45) is 0. The number of likely N-dealkylation sites (tertiary alicyclic amines) is 1. The monoisotopic (exact) mass is 352 g/mol. The van der Waals surface area contributed by atoms with Crippen LogP contribution in [0.2, 0.25) is 0 Å². The number of likely N-dealkylation sites (N-methyl/N-ethyl adjacent to an activating group) is 1. The van der Waals surface area contributed by atoms with E-state index in [2.05, 4.69) is 0 Å². The van der Waals surface area contributed by atoms with Crippen molar-refractivity contribution in [3.05, 3.63) is 80.9 Å². The summed E-state index contributed by atoms with van der Waals surface area (Å²) in [6, 6.07) is 11.7. The third-order valence-electron chi connectivity index (χ3n) is 4.42. The molecule has 0 saturated carbocycles. The molecule has 7 heteroatoms. The van der Waals surface area contributed by atoms with E-state index in [9.17, 15) is 24.8 Å². The lowest BCUT2D eigenvalue weighted by molar-refractivity contribution is -0.384. The van der Waals surface area contributed by atoms with Gasteiger partial charge in [0.25, 0.3) is 17.4 Å². The van der Waals surface area contributed by atoms with Crippen molar-refractivity contribution >= 4 is 23.1 Å². The first-order chi connectivity index (χ1) is 12.3. The van der Waals surface area contributed by atoms with Gasteiger partial charge in [-0.05, 0) is 24.6 Å². The molecular weight excluding hydrogens is 336 g/mol. The molecule has 0 aromatic heterocycles. The highest BCUT2D eigenvalue weighted by Gasteiger charge is 2.44. The van der Waals surface area contributed by atoms with Gasteiger partial charge in [-0.3, -0.25) is 19.7 Å². The number of hydrogen-bond acceptors (Lipinski definition) is 5. The van der Waals surface area contributed by atoms with Crippen molar-refractivity contribution in [2.24, 2.45) is 0 Å². The highest BCUT2D eigenvalue weighted by atomic mass is 16.6. The molecule has 1 heterocycles. The van der Waals surface area contributed by atoms with Crippen molar-refractivity contribution < 1.29 is 19.6 Å². The number of nitrogens with zero attached hydrogens (tertiary/aromatic N) is 2. The van der Waals surface area contributed by atoms with Crippen LogP contribution in [0.15, 0.2) is 54.1 Å². The van der Waals surface area contributed by atoms with E-state index in [1.807, 2.05) is 6.92 Å². The number of amides is 1. The van der Waals surface area contributed by atoms with E-state index in [1.54, 1.807) is 24.3 Å². The third kappa shape index (κ3) is 2.83. The van der Waals surface area contributed by atoms with Gasteiger partial charge < -0.3 is 10.0 Å². The predicted molar refractivity (Wildman–Crippen MR) is 94.3 cm³/mol. The van der Waals surface area contributed by atoms with Crippen molar-refractivity contribution in [1.82, 2.24) is 4.90 Å². The van der Waals surface area contributed by atoms with Gasteiger partial charge in [0, 0.05) is 24.7 Å². The van der Waals surface area contributed by atoms with E-state index in [-0.39, 0.29) is 17.0 Å². The van der Waals surface area contributed by atoms with Crippen molar-refractivity contribution in [2.45, 2.75) is 13.0 Å². The zero-order valence-corrected chi connectivity index (χ0v) is 14.2. The number of aliphatic hydroxyl groups is 1. The average molecular weight is 352 g/mol. The molecule has 1 fully saturated rings. The van der Waals surface area contributed by atoms with Crippen molar-refractivity contribution in [2.75, 3.05) is 7.05 Å². The summed E-state index contributed by atoms with van der Waals surface area (Å²) in [6.45, 7) is 1.89. The molecule has 2 aromatic rings. The van der Waals surface area contributed by atoms with Crippen LogP contribution < -0.4 is 0 Å². The van der Waals surface area contributed by atoms with Gasteiger partial charge in [0.1, 0.15) is 5.76 Å². The number of Topliss-reactive ketones (excluding diaryl/α,β-unsaturated/α-hetero) is 1. The second-order valence-corrected chi connectivity index (χ2v) is 6.12. The van der Waals surface area contributed by atoms with Crippen LogP contribution in [0.4, 0.5) is 5.69 Å². The Morgan fingerprint density at radius 3 is 2.19 bits per heavy atom. The summed E-state index contributed by atoms with van der Waals surface area (Å²) in [7, 11) is 1.46. The fourth-order valence-corrected chi connectivity index (χ4v) is 2.98. The molecule has 1 N–H and O–H groups in total. The van der Waals surface area contributed by atoms with Crippen LogP contribution in [-0.2, 0) is 9.59 Å². The topological polar surface area (TPSA) is 101 Å². The number of carbonyl (C=O) groups excluding carboxylic acids is 2. The Labute approximate surface area is 149 Å². The number of hydrogen-bond donors (Lipinski definition) is 1. The molecule has 2 aromatic carbocycles. The summed E-state index contributed by atoms with van der Waals surface area (Å²) < 4.78 is 0. The van der Waals surface area contributed by atoms with Crippen LogP contribution in [0.3, 0.4) is 0 Å². The maximum absolute atomic E-state index is 12.4. The van der Waals surface area contributed by atoms with Crippen LogP contribution in [0.5, 0.6) is 0 Å². The number of aryl methyl sites for hydroxylation is 1. The van der Waals surface area contributed by atoms with Crippen molar-refractivity contribution in [3.8, 4) is 0 Å². The summed E-state index contributed by atoms with van der Waals surface area (Å²) in [4.78, 5) is 36.1. The molecule has 1 amide bonds. The Bertz CT molecular complexity index is 929. The molecule has 1 aliphatic heterocycles. The number of nitro groups is 1. The van der Waals surface area contributed by atoms with Gasteiger partial charge in [0.05, 0.1) is 16.5 Å². The van der Waals surface area contributed by atoms with E-state index in [4.69, 9.17) is 0 Å². The number of non-ortho nitro benzene ring substituents is 1. The van der Waals surface area contributed by atoms with Gasteiger partial charge in [-0.25, -0.2) is 0 Å². The van der Waals surface area contributed by atoms with Gasteiger partial charge in [0.2, 0.25) is 0 Å². The van der Waals surface area contributed by atoms with E-state index < -0.39 is 22.7 Å². The second kappa shape index (κ2) is 6.44. The minimum atomic E-state index is -0.808.